The van der Waals surface area contributed by atoms with Gasteiger partial charge in [0.2, 0.25) is 5.91 Å². The maximum Gasteiger partial charge on any atom is 0.322 e. The van der Waals surface area contributed by atoms with E-state index in [4.69, 9.17) is 4.74 Å². The van der Waals surface area contributed by atoms with Gasteiger partial charge in [0.25, 0.3) is 5.91 Å². The van der Waals surface area contributed by atoms with Gasteiger partial charge in [-0.05, 0) is 37.6 Å². The number of hydrogen-bond donors (Lipinski definition) is 3. The number of carbonyl (C=O) groups excluding carboxylic acids is 3. The van der Waals surface area contributed by atoms with Crippen LogP contribution in [0.25, 0.3) is 0 Å². The van der Waals surface area contributed by atoms with E-state index in [0.717, 1.165) is 0 Å². The fraction of sp³-hybridized carbons (Fsp3) is 0.400. The lowest BCUT2D eigenvalue weighted by Crippen LogP contribution is -2.38. The van der Waals surface area contributed by atoms with Crippen molar-refractivity contribution in [3.63, 3.8) is 0 Å². The molecule has 23 heavy (non-hydrogen) atoms. The number of halogens is 1. The van der Waals surface area contributed by atoms with Gasteiger partial charge in [0.15, 0.2) is 0 Å². The quantitative estimate of drug-likeness (QED) is 0.644. The standard InChI is InChI=1S/C15H18FN3O4/c1-9(8-23-11-4-2-10(16)3-5-11)17-13(20)7-6-12-14(21)19-15(22)18-12/h2-5,9,12H,6-8H2,1H3,(H,17,20)(H2,18,19,21,22)/t9-,12-/m1/s1. The van der Waals surface area contributed by atoms with Crippen molar-refractivity contribution < 1.29 is 23.5 Å². The van der Waals surface area contributed by atoms with Crippen LogP contribution in [0.3, 0.4) is 0 Å². The van der Waals surface area contributed by atoms with E-state index in [1.54, 1.807) is 6.92 Å². The number of amides is 4. The average molecular weight is 323 g/mol. The van der Waals surface area contributed by atoms with Crippen LogP contribution in [-0.2, 0) is 9.59 Å². The van der Waals surface area contributed by atoms with Crippen molar-refractivity contribution in [3.05, 3.63) is 30.1 Å². The Morgan fingerprint density at radius 3 is 2.65 bits per heavy atom. The predicted molar refractivity (Wildman–Crippen MR) is 79.2 cm³/mol. The Balaban J connectivity index is 1.67. The van der Waals surface area contributed by atoms with Crippen molar-refractivity contribution in [3.8, 4) is 5.75 Å². The SMILES string of the molecule is C[C@H](COc1ccc(F)cc1)NC(=O)CC[C@H]1NC(=O)NC1=O. The van der Waals surface area contributed by atoms with Crippen LogP contribution in [0.2, 0.25) is 0 Å². The van der Waals surface area contributed by atoms with Crippen molar-refractivity contribution in [2.75, 3.05) is 6.61 Å². The highest BCUT2D eigenvalue weighted by molar-refractivity contribution is 6.04. The number of benzene rings is 1. The first kappa shape index (κ1) is 16.7. The average Bonchev–Trinajstić information content (AvgIpc) is 2.82. The minimum atomic E-state index is -0.668. The molecular formula is C15H18FN3O4. The molecule has 0 radical (unpaired) electrons. The van der Waals surface area contributed by atoms with Crippen molar-refractivity contribution in [1.82, 2.24) is 16.0 Å². The molecule has 1 aliphatic rings. The van der Waals surface area contributed by atoms with Crippen molar-refractivity contribution in [2.24, 2.45) is 0 Å². The minimum absolute atomic E-state index is 0.110. The third-order valence-electron chi connectivity index (χ3n) is 3.24. The maximum atomic E-state index is 12.8. The van der Waals surface area contributed by atoms with Gasteiger partial charge in [-0.25, -0.2) is 9.18 Å². The van der Waals surface area contributed by atoms with E-state index in [1.807, 2.05) is 0 Å². The summed E-state index contributed by atoms with van der Waals surface area (Å²) in [5.41, 5.74) is 0. The lowest BCUT2D eigenvalue weighted by molar-refractivity contribution is -0.122. The number of hydrogen-bond acceptors (Lipinski definition) is 4. The number of carbonyl (C=O) groups is 3. The molecule has 1 aromatic rings. The summed E-state index contributed by atoms with van der Waals surface area (Å²) in [6.45, 7) is 2.00. The van der Waals surface area contributed by atoms with E-state index >= 15 is 0 Å². The molecule has 1 aromatic carbocycles. The van der Waals surface area contributed by atoms with Gasteiger partial charge in [-0.2, -0.15) is 0 Å². The largest absolute Gasteiger partial charge is 0.491 e. The van der Waals surface area contributed by atoms with E-state index in [0.29, 0.717) is 5.75 Å². The Bertz CT molecular complexity index is 591. The highest BCUT2D eigenvalue weighted by Gasteiger charge is 2.29. The van der Waals surface area contributed by atoms with Crippen LogP contribution in [0.1, 0.15) is 19.8 Å². The lowest BCUT2D eigenvalue weighted by Gasteiger charge is -2.15. The summed E-state index contributed by atoms with van der Waals surface area (Å²) in [6, 6.07) is 4.13. The highest BCUT2D eigenvalue weighted by atomic mass is 19.1. The first-order chi connectivity index (χ1) is 10.9. The van der Waals surface area contributed by atoms with Crippen molar-refractivity contribution in [1.29, 1.82) is 0 Å². The van der Waals surface area contributed by atoms with E-state index in [2.05, 4.69) is 16.0 Å². The molecule has 3 N–H and O–H groups in total. The Morgan fingerprint density at radius 1 is 1.35 bits per heavy atom. The molecule has 2 rings (SSSR count). The zero-order valence-electron chi connectivity index (χ0n) is 12.6. The van der Waals surface area contributed by atoms with Gasteiger partial charge in [0, 0.05) is 6.42 Å². The molecule has 1 saturated heterocycles. The molecule has 0 spiro atoms. The van der Waals surface area contributed by atoms with E-state index in [1.165, 1.54) is 24.3 Å². The predicted octanol–water partition coefficient (Wildman–Crippen LogP) is 0.697. The van der Waals surface area contributed by atoms with Gasteiger partial charge >= 0.3 is 6.03 Å². The molecule has 1 aliphatic heterocycles. The first-order valence-corrected chi connectivity index (χ1v) is 7.23. The van der Waals surface area contributed by atoms with Crippen LogP contribution in [0.5, 0.6) is 5.75 Å². The summed E-state index contributed by atoms with van der Waals surface area (Å²) in [6.07, 6.45) is 0.341. The number of ether oxygens (including phenoxy) is 1. The van der Waals surface area contributed by atoms with Crippen LogP contribution < -0.4 is 20.7 Å². The molecule has 1 fully saturated rings. The molecule has 0 bridgehead atoms. The Kier molecular flexibility index (Phi) is 5.51. The van der Waals surface area contributed by atoms with Gasteiger partial charge in [0.05, 0.1) is 6.04 Å². The molecule has 124 valence electrons. The normalized spacial score (nSPS) is 18.1. The zero-order chi connectivity index (χ0) is 16.8. The fourth-order valence-corrected chi connectivity index (χ4v) is 2.08. The van der Waals surface area contributed by atoms with E-state index < -0.39 is 18.0 Å². The maximum absolute atomic E-state index is 12.8. The minimum Gasteiger partial charge on any atom is -0.491 e. The molecule has 2 atom stereocenters. The first-order valence-electron chi connectivity index (χ1n) is 7.23. The van der Waals surface area contributed by atoms with Gasteiger partial charge in [-0.3, -0.25) is 14.9 Å². The summed E-state index contributed by atoms with van der Waals surface area (Å²) >= 11 is 0. The molecule has 8 heteroatoms. The Morgan fingerprint density at radius 2 is 2.04 bits per heavy atom. The molecule has 1 heterocycles. The van der Waals surface area contributed by atoms with Gasteiger partial charge < -0.3 is 15.4 Å². The number of nitrogens with one attached hydrogen (secondary N) is 3. The molecule has 4 amide bonds. The monoisotopic (exact) mass is 323 g/mol. The summed E-state index contributed by atoms with van der Waals surface area (Å²) in [4.78, 5) is 34.1. The van der Waals surface area contributed by atoms with Gasteiger partial charge in [0.1, 0.15) is 24.2 Å². The zero-order valence-corrected chi connectivity index (χ0v) is 12.6. The van der Waals surface area contributed by atoms with Crippen LogP contribution >= 0.6 is 0 Å². The van der Waals surface area contributed by atoms with E-state index in [9.17, 15) is 18.8 Å². The second kappa shape index (κ2) is 7.57. The topological polar surface area (TPSA) is 96.5 Å². The van der Waals surface area contributed by atoms with Crippen LogP contribution in [0.15, 0.2) is 24.3 Å². The van der Waals surface area contributed by atoms with Crippen molar-refractivity contribution >= 4 is 17.8 Å². The van der Waals surface area contributed by atoms with Crippen LogP contribution in [0, 0.1) is 5.82 Å². The number of imide groups is 1. The third-order valence-corrected chi connectivity index (χ3v) is 3.24. The number of rotatable bonds is 7. The smallest absolute Gasteiger partial charge is 0.322 e. The Labute approximate surface area is 132 Å². The lowest BCUT2D eigenvalue weighted by atomic mass is 10.1. The summed E-state index contributed by atoms with van der Waals surface area (Å²) < 4.78 is 18.2. The molecule has 0 aromatic heterocycles. The molecule has 7 nitrogen and oxygen atoms in total. The van der Waals surface area contributed by atoms with Crippen LogP contribution in [0.4, 0.5) is 9.18 Å². The summed E-state index contributed by atoms with van der Waals surface area (Å²) in [5.74, 6) is -0.496. The second-order valence-corrected chi connectivity index (χ2v) is 5.29. The second-order valence-electron chi connectivity index (χ2n) is 5.29. The number of urea groups is 1. The molecule has 0 unspecified atom stereocenters. The summed E-state index contributed by atoms with van der Waals surface area (Å²) in [7, 11) is 0. The van der Waals surface area contributed by atoms with Crippen molar-refractivity contribution in [2.45, 2.75) is 31.8 Å². The highest BCUT2D eigenvalue weighted by Crippen LogP contribution is 2.11. The fourth-order valence-electron chi connectivity index (χ4n) is 2.08. The Hall–Kier alpha value is -2.64. The van der Waals surface area contributed by atoms with Gasteiger partial charge in [-0.15, -0.1) is 0 Å². The third kappa shape index (κ3) is 5.24. The molecular weight excluding hydrogens is 305 g/mol. The van der Waals surface area contributed by atoms with Gasteiger partial charge in [-0.1, -0.05) is 0 Å². The van der Waals surface area contributed by atoms with E-state index in [-0.39, 0.29) is 37.2 Å². The summed E-state index contributed by atoms with van der Waals surface area (Å²) in [5, 5.41) is 7.26. The molecule has 0 aliphatic carbocycles. The molecule has 0 saturated carbocycles. The van der Waals surface area contributed by atoms with Crippen LogP contribution in [-0.4, -0.2) is 36.5 Å².